The minimum absolute atomic E-state index is 0.0197. The summed E-state index contributed by atoms with van der Waals surface area (Å²) in [5.74, 6) is 0. The van der Waals surface area contributed by atoms with E-state index in [-0.39, 0.29) is 12.8 Å². The van der Waals surface area contributed by atoms with Crippen LogP contribution in [0.2, 0.25) is 0 Å². The third kappa shape index (κ3) is 1.92. The molecule has 1 rings (SSSR count). The van der Waals surface area contributed by atoms with Crippen LogP contribution in [-0.2, 0) is 18.2 Å². The van der Waals surface area contributed by atoms with Crippen LogP contribution in [-0.4, -0.2) is 27.4 Å². The van der Waals surface area contributed by atoms with Gasteiger partial charge in [0.2, 0.25) is 0 Å². The molecule has 2 unspecified atom stereocenters. The third-order valence-corrected chi connectivity index (χ3v) is 7.55. The lowest BCUT2D eigenvalue weighted by Crippen LogP contribution is -2.29. The highest BCUT2D eigenvalue weighted by atomic mass is 31.2. The van der Waals surface area contributed by atoms with Crippen molar-refractivity contribution in [2.75, 3.05) is 7.11 Å². The lowest BCUT2D eigenvalue weighted by Gasteiger charge is -2.27. The summed E-state index contributed by atoms with van der Waals surface area (Å²) in [5.41, 5.74) is 0. The van der Waals surface area contributed by atoms with Gasteiger partial charge in [-0.2, -0.15) is 0 Å². The van der Waals surface area contributed by atoms with Gasteiger partial charge in [-0.25, -0.2) is 0 Å². The second-order valence-corrected chi connectivity index (χ2v) is 9.26. The van der Waals surface area contributed by atoms with E-state index in [1.54, 1.807) is 20.8 Å². The zero-order chi connectivity index (χ0) is 12.8. The van der Waals surface area contributed by atoms with Gasteiger partial charge >= 0.3 is 15.2 Å². The van der Waals surface area contributed by atoms with Crippen molar-refractivity contribution in [2.45, 2.75) is 44.1 Å². The molecule has 1 fully saturated rings. The van der Waals surface area contributed by atoms with E-state index in [1.165, 1.54) is 7.11 Å². The van der Waals surface area contributed by atoms with Crippen molar-refractivity contribution in [2.24, 2.45) is 0 Å². The Kier molecular flexibility index (Phi) is 3.51. The normalized spacial score (nSPS) is 38.9. The molecule has 96 valence electrons. The smallest absolute Gasteiger partial charge is 0.322 e. The van der Waals surface area contributed by atoms with Crippen LogP contribution >= 0.6 is 15.2 Å². The van der Waals surface area contributed by atoms with Crippen LogP contribution in [0.1, 0.15) is 33.6 Å². The summed E-state index contributed by atoms with van der Waals surface area (Å²) in [4.78, 5) is 18.7. The molecule has 1 aliphatic heterocycles. The van der Waals surface area contributed by atoms with E-state index < -0.39 is 25.7 Å². The molecule has 16 heavy (non-hydrogen) atoms. The molecule has 2 N–H and O–H groups in total. The van der Waals surface area contributed by atoms with Crippen molar-refractivity contribution in [3.63, 3.8) is 0 Å². The van der Waals surface area contributed by atoms with Crippen LogP contribution in [0.4, 0.5) is 0 Å². The average Bonchev–Trinajstić information content (AvgIpc) is 2.35. The first-order valence-corrected chi connectivity index (χ1v) is 8.11. The number of hydrogen-bond acceptors (Lipinski definition) is 4. The summed E-state index contributed by atoms with van der Waals surface area (Å²) in [5, 5.41) is -2.57. The highest BCUT2D eigenvalue weighted by molar-refractivity contribution is 7.59. The molecule has 1 saturated heterocycles. The van der Waals surface area contributed by atoms with Gasteiger partial charge in [-0.05, 0) is 20.3 Å². The standard InChI is InChI=1S/C8H18O6P2/c1-5-8(15(9,10)11)6-7(2,3)16(12,13-4)14-8/h5-6H2,1-4H3,(H2,9,10,11). The van der Waals surface area contributed by atoms with Crippen LogP contribution in [0.15, 0.2) is 0 Å². The fourth-order valence-electron chi connectivity index (χ4n) is 1.99. The van der Waals surface area contributed by atoms with Crippen LogP contribution in [0.25, 0.3) is 0 Å². The summed E-state index contributed by atoms with van der Waals surface area (Å²) >= 11 is 0. The monoisotopic (exact) mass is 272 g/mol. The van der Waals surface area contributed by atoms with Gasteiger partial charge in [0.15, 0.2) is 5.34 Å². The largest absolute Gasteiger partial charge is 0.357 e. The molecule has 0 radical (unpaired) electrons. The van der Waals surface area contributed by atoms with Crippen molar-refractivity contribution in [3.8, 4) is 0 Å². The summed E-state index contributed by atoms with van der Waals surface area (Å²) in [7, 11) is -6.74. The summed E-state index contributed by atoms with van der Waals surface area (Å²) in [6.07, 6.45) is 0.111. The van der Waals surface area contributed by atoms with Gasteiger partial charge in [0.25, 0.3) is 0 Å². The van der Waals surface area contributed by atoms with Crippen molar-refractivity contribution >= 4 is 15.2 Å². The first kappa shape index (κ1) is 14.4. The van der Waals surface area contributed by atoms with Crippen LogP contribution in [0.5, 0.6) is 0 Å². The van der Waals surface area contributed by atoms with Gasteiger partial charge in [0, 0.05) is 13.5 Å². The maximum absolute atomic E-state index is 12.3. The van der Waals surface area contributed by atoms with Crippen LogP contribution in [0.3, 0.4) is 0 Å². The van der Waals surface area contributed by atoms with E-state index >= 15 is 0 Å². The number of rotatable bonds is 3. The van der Waals surface area contributed by atoms with Crippen molar-refractivity contribution in [1.82, 2.24) is 0 Å². The molecular weight excluding hydrogens is 254 g/mol. The molecule has 0 amide bonds. The second-order valence-electron chi connectivity index (χ2n) is 4.60. The zero-order valence-corrected chi connectivity index (χ0v) is 11.6. The maximum Gasteiger partial charge on any atom is 0.357 e. The Morgan fingerprint density at radius 1 is 1.50 bits per heavy atom. The molecule has 0 aromatic carbocycles. The number of hydrogen-bond donors (Lipinski definition) is 2. The Morgan fingerprint density at radius 3 is 2.19 bits per heavy atom. The first-order chi connectivity index (χ1) is 7.04. The average molecular weight is 272 g/mol. The molecule has 1 heterocycles. The molecule has 0 aromatic heterocycles. The van der Waals surface area contributed by atoms with Crippen molar-refractivity contribution in [1.29, 1.82) is 0 Å². The molecule has 6 nitrogen and oxygen atoms in total. The van der Waals surface area contributed by atoms with Gasteiger partial charge in [-0.15, -0.1) is 0 Å². The van der Waals surface area contributed by atoms with Crippen molar-refractivity contribution in [3.05, 3.63) is 0 Å². The summed E-state index contributed by atoms with van der Waals surface area (Å²) in [6, 6.07) is 0. The molecule has 0 spiro atoms. The molecule has 0 aromatic rings. The SMILES string of the molecule is CCC1(P(=O)(O)O)CC(C)(C)P(=O)(OC)O1. The topological polar surface area (TPSA) is 93.1 Å². The van der Waals surface area contributed by atoms with E-state index in [2.05, 4.69) is 0 Å². The Balaban J connectivity index is 3.26. The lowest BCUT2D eigenvalue weighted by atomic mass is 10.0. The molecule has 8 heteroatoms. The van der Waals surface area contributed by atoms with E-state index in [0.717, 1.165) is 0 Å². The van der Waals surface area contributed by atoms with Gasteiger partial charge in [-0.1, -0.05) is 6.92 Å². The fourth-order valence-corrected chi connectivity index (χ4v) is 5.78. The van der Waals surface area contributed by atoms with Crippen LogP contribution in [0, 0.1) is 0 Å². The predicted molar refractivity (Wildman–Crippen MR) is 59.5 cm³/mol. The first-order valence-electron chi connectivity index (χ1n) is 4.96. The van der Waals surface area contributed by atoms with Crippen molar-refractivity contribution < 1.29 is 28.0 Å². The minimum atomic E-state index is -4.49. The highest BCUT2D eigenvalue weighted by Crippen LogP contribution is 2.77. The summed E-state index contributed by atoms with van der Waals surface area (Å²) < 4.78 is 33.8. The van der Waals surface area contributed by atoms with Gasteiger partial charge < -0.3 is 14.3 Å². The van der Waals surface area contributed by atoms with E-state index in [4.69, 9.17) is 9.05 Å². The predicted octanol–water partition coefficient (Wildman–Crippen LogP) is 2.31. The Hall–Kier alpha value is 0.300. The molecular formula is C8H18O6P2. The second kappa shape index (κ2) is 3.91. The van der Waals surface area contributed by atoms with E-state index in [0.29, 0.717) is 0 Å². The van der Waals surface area contributed by atoms with E-state index in [1.807, 2.05) is 0 Å². The van der Waals surface area contributed by atoms with Gasteiger partial charge in [0.1, 0.15) is 0 Å². The Morgan fingerprint density at radius 2 is 2.00 bits per heavy atom. The van der Waals surface area contributed by atoms with Gasteiger partial charge in [0.05, 0.1) is 5.16 Å². The van der Waals surface area contributed by atoms with E-state index in [9.17, 15) is 18.9 Å². The molecule has 0 bridgehead atoms. The zero-order valence-electron chi connectivity index (χ0n) is 9.84. The Labute approximate surface area is 95.0 Å². The molecule has 0 saturated carbocycles. The van der Waals surface area contributed by atoms with Crippen LogP contribution < -0.4 is 0 Å². The minimum Gasteiger partial charge on any atom is -0.322 e. The molecule has 1 aliphatic rings. The molecule has 0 aliphatic carbocycles. The quantitative estimate of drug-likeness (QED) is 0.766. The fraction of sp³-hybridized carbons (Fsp3) is 1.00. The molecule has 2 atom stereocenters. The highest BCUT2D eigenvalue weighted by Gasteiger charge is 2.65. The summed E-state index contributed by atoms with van der Waals surface area (Å²) in [6.45, 7) is 4.86. The maximum atomic E-state index is 12.3. The Bertz CT molecular complexity index is 373. The van der Waals surface area contributed by atoms with Gasteiger partial charge in [-0.3, -0.25) is 13.7 Å². The lowest BCUT2D eigenvalue weighted by molar-refractivity contribution is 0.115. The third-order valence-electron chi connectivity index (χ3n) is 3.06.